The molecule has 2 aromatic rings. The third-order valence-electron chi connectivity index (χ3n) is 4.30. The average Bonchev–Trinajstić information content (AvgIpc) is 2.62. The lowest BCUT2D eigenvalue weighted by Crippen LogP contribution is -2.55. The smallest absolute Gasteiger partial charge is 0.183 e. The summed E-state index contributed by atoms with van der Waals surface area (Å²) in [5, 5.41) is 6.63. The van der Waals surface area contributed by atoms with Crippen molar-refractivity contribution < 1.29 is 4.39 Å². The molecule has 0 aromatic heterocycles. The van der Waals surface area contributed by atoms with Gasteiger partial charge in [-0.1, -0.05) is 48.5 Å². The van der Waals surface area contributed by atoms with E-state index >= 15 is 0 Å². The summed E-state index contributed by atoms with van der Waals surface area (Å²) in [6.07, 6.45) is 4.55. The molecule has 3 rings (SSSR count). The minimum absolute atomic E-state index is 0.127. The van der Waals surface area contributed by atoms with E-state index in [1.807, 2.05) is 30.3 Å². The number of nitrogens with two attached hydrogens (primary N) is 1. The van der Waals surface area contributed by atoms with E-state index in [2.05, 4.69) is 34.7 Å². The number of nitrogens with one attached hydrogen (secondary N) is 2. The number of aliphatic imine (C=N–C) groups is 1. The van der Waals surface area contributed by atoms with Crippen LogP contribution in [0.4, 0.5) is 4.39 Å². The third-order valence-corrected chi connectivity index (χ3v) is 4.30. The first-order chi connectivity index (χ1) is 12.1. The molecule has 0 spiro atoms. The number of hydrogen-bond acceptors (Lipinski definition) is 4. The zero-order valence-electron chi connectivity index (χ0n) is 14.2. The zero-order valence-corrected chi connectivity index (χ0v) is 14.2. The second-order valence-electron chi connectivity index (χ2n) is 6.28. The average molecular weight is 338 g/mol. The molecule has 2 aromatic carbocycles. The number of rotatable bonds is 6. The van der Waals surface area contributed by atoms with Crippen molar-refractivity contribution >= 4 is 6.21 Å². The highest BCUT2D eigenvalue weighted by Crippen LogP contribution is 2.18. The summed E-state index contributed by atoms with van der Waals surface area (Å²) in [5.74, 6) is -0.352. The first kappa shape index (κ1) is 17.2. The standard InChI is InChI=1S/C20H23FN4/c1-15(16-7-3-2-4-8-16)24-19-12-14-23-20(22,25-19)13-11-17-9-5-6-10-18(17)21/h2-10,12,14-15,24-25H,11,13,22H2,1H3. The Morgan fingerprint density at radius 1 is 1.16 bits per heavy atom. The molecular weight excluding hydrogens is 315 g/mol. The summed E-state index contributed by atoms with van der Waals surface area (Å²) in [7, 11) is 0. The minimum Gasteiger partial charge on any atom is -0.365 e. The molecule has 1 aliphatic rings. The molecule has 2 unspecified atom stereocenters. The van der Waals surface area contributed by atoms with Gasteiger partial charge in [0.15, 0.2) is 5.79 Å². The number of halogens is 1. The van der Waals surface area contributed by atoms with Crippen LogP contribution >= 0.6 is 0 Å². The molecule has 0 saturated heterocycles. The van der Waals surface area contributed by atoms with Gasteiger partial charge in [-0.05, 0) is 36.6 Å². The summed E-state index contributed by atoms with van der Waals surface area (Å²) in [4.78, 5) is 4.34. The first-order valence-electron chi connectivity index (χ1n) is 8.43. The van der Waals surface area contributed by atoms with Gasteiger partial charge in [-0.25, -0.2) is 4.39 Å². The molecule has 0 aliphatic carbocycles. The van der Waals surface area contributed by atoms with Gasteiger partial charge >= 0.3 is 0 Å². The van der Waals surface area contributed by atoms with Crippen LogP contribution in [0.2, 0.25) is 0 Å². The zero-order chi connectivity index (χ0) is 17.7. The highest BCUT2D eigenvalue weighted by Gasteiger charge is 2.26. The Labute approximate surface area is 147 Å². The van der Waals surface area contributed by atoms with Crippen LogP contribution in [0, 0.1) is 5.82 Å². The number of aryl methyl sites for hydroxylation is 1. The van der Waals surface area contributed by atoms with E-state index in [1.165, 1.54) is 11.6 Å². The number of benzene rings is 2. The van der Waals surface area contributed by atoms with Gasteiger partial charge in [0, 0.05) is 18.7 Å². The van der Waals surface area contributed by atoms with Crippen LogP contribution in [0.5, 0.6) is 0 Å². The van der Waals surface area contributed by atoms with Gasteiger partial charge in [0.25, 0.3) is 0 Å². The molecule has 4 N–H and O–H groups in total. The lowest BCUT2D eigenvalue weighted by Gasteiger charge is -2.32. The molecule has 4 nitrogen and oxygen atoms in total. The summed E-state index contributed by atoms with van der Waals surface area (Å²) in [5.41, 5.74) is 8.18. The van der Waals surface area contributed by atoms with Crippen LogP contribution in [-0.4, -0.2) is 12.0 Å². The second-order valence-corrected chi connectivity index (χ2v) is 6.28. The van der Waals surface area contributed by atoms with E-state index in [1.54, 1.807) is 18.3 Å². The summed E-state index contributed by atoms with van der Waals surface area (Å²) >= 11 is 0. The van der Waals surface area contributed by atoms with E-state index in [0.717, 1.165) is 5.82 Å². The Balaban J connectivity index is 1.61. The summed E-state index contributed by atoms with van der Waals surface area (Å²) in [6.45, 7) is 2.08. The van der Waals surface area contributed by atoms with Crippen molar-refractivity contribution in [1.82, 2.24) is 10.6 Å². The number of allylic oxidation sites excluding steroid dienone is 1. The third kappa shape index (κ3) is 4.45. The summed E-state index contributed by atoms with van der Waals surface area (Å²) in [6, 6.07) is 17.0. The summed E-state index contributed by atoms with van der Waals surface area (Å²) < 4.78 is 13.8. The Morgan fingerprint density at radius 2 is 1.88 bits per heavy atom. The van der Waals surface area contributed by atoms with E-state index in [4.69, 9.17) is 5.73 Å². The molecule has 130 valence electrons. The van der Waals surface area contributed by atoms with Crippen LogP contribution < -0.4 is 16.4 Å². The van der Waals surface area contributed by atoms with Gasteiger partial charge in [0.05, 0.1) is 0 Å². The molecule has 0 radical (unpaired) electrons. The molecule has 0 bridgehead atoms. The molecule has 25 heavy (non-hydrogen) atoms. The molecule has 5 heteroatoms. The Morgan fingerprint density at radius 3 is 2.64 bits per heavy atom. The van der Waals surface area contributed by atoms with Crippen LogP contribution in [0.25, 0.3) is 0 Å². The van der Waals surface area contributed by atoms with Crippen molar-refractivity contribution in [1.29, 1.82) is 0 Å². The minimum atomic E-state index is -0.949. The SMILES string of the molecule is CC(NC1=CC=NC(N)(CCc2ccccc2F)N1)c1ccccc1. The van der Waals surface area contributed by atoms with Crippen LogP contribution in [-0.2, 0) is 6.42 Å². The van der Waals surface area contributed by atoms with Gasteiger partial charge < -0.3 is 10.6 Å². The van der Waals surface area contributed by atoms with Gasteiger partial charge in [0.2, 0.25) is 0 Å². The first-order valence-corrected chi connectivity index (χ1v) is 8.43. The lowest BCUT2D eigenvalue weighted by atomic mass is 10.0. The van der Waals surface area contributed by atoms with Crippen molar-refractivity contribution in [2.24, 2.45) is 10.7 Å². The molecule has 1 heterocycles. The molecule has 1 aliphatic heterocycles. The van der Waals surface area contributed by atoms with E-state index in [-0.39, 0.29) is 11.9 Å². The van der Waals surface area contributed by atoms with Crippen molar-refractivity contribution in [3.05, 3.63) is 83.4 Å². The maximum absolute atomic E-state index is 13.8. The molecule has 0 saturated carbocycles. The van der Waals surface area contributed by atoms with E-state index in [9.17, 15) is 4.39 Å². The quantitative estimate of drug-likeness (QED) is 0.758. The fourth-order valence-corrected chi connectivity index (χ4v) is 2.85. The van der Waals surface area contributed by atoms with Crippen molar-refractivity contribution in [2.75, 3.05) is 0 Å². The molecule has 0 fully saturated rings. The van der Waals surface area contributed by atoms with Crippen molar-refractivity contribution in [3.8, 4) is 0 Å². The van der Waals surface area contributed by atoms with Crippen LogP contribution in [0.3, 0.4) is 0 Å². The van der Waals surface area contributed by atoms with Crippen LogP contribution in [0.1, 0.15) is 30.5 Å². The Kier molecular flexibility index (Phi) is 5.14. The van der Waals surface area contributed by atoms with Gasteiger partial charge in [-0.15, -0.1) is 0 Å². The van der Waals surface area contributed by atoms with Gasteiger partial charge in [0.1, 0.15) is 11.6 Å². The highest BCUT2D eigenvalue weighted by atomic mass is 19.1. The predicted octanol–water partition coefficient (Wildman–Crippen LogP) is 3.24. The largest absolute Gasteiger partial charge is 0.365 e. The monoisotopic (exact) mass is 338 g/mol. The normalized spacial score (nSPS) is 20.5. The van der Waals surface area contributed by atoms with Gasteiger partial charge in [-0.3, -0.25) is 10.7 Å². The number of hydrogen-bond donors (Lipinski definition) is 3. The molecular formula is C20H23FN4. The fraction of sp³-hybridized carbons (Fsp3) is 0.250. The maximum atomic E-state index is 13.8. The number of nitrogens with zero attached hydrogens (tertiary/aromatic N) is 1. The van der Waals surface area contributed by atoms with E-state index < -0.39 is 5.79 Å². The van der Waals surface area contributed by atoms with E-state index in [0.29, 0.717) is 18.4 Å². The Bertz CT molecular complexity index is 772. The predicted molar refractivity (Wildman–Crippen MR) is 99.3 cm³/mol. The molecule has 0 amide bonds. The fourth-order valence-electron chi connectivity index (χ4n) is 2.85. The maximum Gasteiger partial charge on any atom is 0.183 e. The lowest BCUT2D eigenvalue weighted by molar-refractivity contribution is 0.337. The highest BCUT2D eigenvalue weighted by molar-refractivity contribution is 5.73. The molecule has 2 atom stereocenters. The second kappa shape index (κ2) is 7.49. The topological polar surface area (TPSA) is 62.4 Å². The van der Waals surface area contributed by atoms with Crippen molar-refractivity contribution in [2.45, 2.75) is 31.6 Å². The van der Waals surface area contributed by atoms with Gasteiger partial charge in [-0.2, -0.15) is 0 Å². The van der Waals surface area contributed by atoms with Crippen molar-refractivity contribution in [3.63, 3.8) is 0 Å². The van der Waals surface area contributed by atoms with Crippen LogP contribution in [0.15, 0.2) is 71.5 Å². The Hall–Kier alpha value is -2.66.